The molecule has 1 aromatic rings. The number of hydrogen-bond acceptors (Lipinski definition) is 3. The van der Waals surface area contributed by atoms with Crippen molar-refractivity contribution >= 4 is 11.9 Å². The zero-order valence-corrected chi connectivity index (χ0v) is 11.5. The first-order valence-corrected chi connectivity index (χ1v) is 7.34. The molecule has 3 fully saturated rings. The Morgan fingerprint density at radius 1 is 1.19 bits per heavy atom. The number of fused-ring (bicyclic) bond motifs is 2. The van der Waals surface area contributed by atoms with Crippen LogP contribution < -0.4 is 5.32 Å². The molecule has 0 aromatic heterocycles. The van der Waals surface area contributed by atoms with E-state index in [2.05, 4.69) is 17.4 Å². The monoisotopic (exact) mass is 287 g/mol. The largest absolute Gasteiger partial charge is 0.480 e. The Hall–Kier alpha value is -1.88. The molecule has 1 aromatic carbocycles. The fourth-order valence-electron chi connectivity index (χ4n) is 4.75. The maximum Gasteiger partial charge on any atom is 0.322 e. The van der Waals surface area contributed by atoms with Gasteiger partial charge in [0.1, 0.15) is 0 Å². The first kappa shape index (κ1) is 12.8. The number of carboxylic acids is 2. The van der Waals surface area contributed by atoms with Gasteiger partial charge in [-0.3, -0.25) is 9.59 Å². The van der Waals surface area contributed by atoms with Crippen LogP contribution in [0, 0.1) is 11.3 Å². The van der Waals surface area contributed by atoms with Gasteiger partial charge in [-0.05, 0) is 42.2 Å². The highest BCUT2D eigenvalue weighted by Gasteiger charge is 2.64. The lowest BCUT2D eigenvalue weighted by Crippen LogP contribution is -2.70. The Morgan fingerprint density at radius 2 is 1.90 bits per heavy atom. The van der Waals surface area contributed by atoms with Crippen LogP contribution in [-0.4, -0.2) is 34.2 Å². The maximum absolute atomic E-state index is 11.7. The van der Waals surface area contributed by atoms with Gasteiger partial charge in [0.05, 0.1) is 0 Å². The number of piperidine rings is 2. The minimum absolute atomic E-state index is 0.0945. The smallest absolute Gasteiger partial charge is 0.322 e. The van der Waals surface area contributed by atoms with E-state index in [1.54, 1.807) is 0 Å². The Bertz CT molecular complexity index is 627. The van der Waals surface area contributed by atoms with E-state index in [9.17, 15) is 19.8 Å². The van der Waals surface area contributed by atoms with Crippen molar-refractivity contribution in [3.63, 3.8) is 0 Å². The molecule has 2 saturated heterocycles. The summed E-state index contributed by atoms with van der Waals surface area (Å²) in [4.78, 5) is 23.3. The third-order valence-electron chi connectivity index (χ3n) is 5.75. The molecule has 0 radical (unpaired) electrons. The van der Waals surface area contributed by atoms with Crippen molar-refractivity contribution in [2.45, 2.75) is 37.3 Å². The summed E-state index contributed by atoms with van der Waals surface area (Å²) in [7, 11) is 0. The second-order valence-corrected chi connectivity index (χ2v) is 6.52. The van der Waals surface area contributed by atoms with Gasteiger partial charge in [-0.1, -0.05) is 24.3 Å². The Balaban J connectivity index is 1.78. The predicted octanol–water partition coefficient (Wildman–Crippen LogP) is 1.23. The van der Waals surface area contributed by atoms with E-state index in [1.807, 2.05) is 12.1 Å². The lowest BCUT2D eigenvalue weighted by atomic mass is 9.53. The Kier molecular flexibility index (Phi) is 2.49. The predicted molar refractivity (Wildman–Crippen MR) is 74.0 cm³/mol. The van der Waals surface area contributed by atoms with Gasteiger partial charge in [0.2, 0.25) is 0 Å². The van der Waals surface area contributed by atoms with Gasteiger partial charge in [-0.2, -0.15) is 0 Å². The van der Waals surface area contributed by atoms with Gasteiger partial charge < -0.3 is 15.5 Å². The van der Waals surface area contributed by atoms with Crippen molar-refractivity contribution in [2.75, 3.05) is 0 Å². The quantitative estimate of drug-likeness (QED) is 0.712. The summed E-state index contributed by atoms with van der Waals surface area (Å²) in [6.07, 6.45) is 1.69. The summed E-state index contributed by atoms with van der Waals surface area (Å²) in [5, 5.41) is 22.4. The number of hydrogen-bond donors (Lipinski definition) is 3. The van der Waals surface area contributed by atoms with Crippen molar-refractivity contribution < 1.29 is 19.8 Å². The van der Waals surface area contributed by atoms with Gasteiger partial charge >= 0.3 is 11.9 Å². The number of benzene rings is 1. The minimum atomic E-state index is -1.66. The van der Waals surface area contributed by atoms with Crippen molar-refractivity contribution in [3.8, 4) is 0 Å². The first-order chi connectivity index (χ1) is 10.0. The molecule has 1 saturated carbocycles. The van der Waals surface area contributed by atoms with Gasteiger partial charge in [0.25, 0.3) is 0 Å². The molecule has 3 N–H and O–H groups in total. The van der Waals surface area contributed by atoms with Gasteiger partial charge in [0.15, 0.2) is 5.41 Å². The average Bonchev–Trinajstić information content (AvgIpc) is 2.46. The summed E-state index contributed by atoms with van der Waals surface area (Å²) in [6.45, 7) is 0. The molecule has 2 aliphatic carbocycles. The molecule has 21 heavy (non-hydrogen) atoms. The van der Waals surface area contributed by atoms with Crippen LogP contribution in [0.5, 0.6) is 0 Å². The third-order valence-corrected chi connectivity index (χ3v) is 5.75. The number of rotatable bonds is 2. The fourth-order valence-corrected chi connectivity index (χ4v) is 4.75. The van der Waals surface area contributed by atoms with Crippen LogP contribution in [0.1, 0.15) is 29.9 Å². The number of carboxylic acid groups (broad SMARTS) is 2. The molecule has 4 unspecified atom stereocenters. The molecule has 5 rings (SSSR count). The highest BCUT2D eigenvalue weighted by atomic mass is 16.4. The molecule has 0 amide bonds. The summed E-state index contributed by atoms with van der Waals surface area (Å²) < 4.78 is 0. The lowest BCUT2D eigenvalue weighted by molar-refractivity contribution is -0.176. The van der Waals surface area contributed by atoms with Gasteiger partial charge in [0, 0.05) is 12.1 Å². The topological polar surface area (TPSA) is 86.6 Å². The molecule has 5 heteroatoms. The molecule has 5 nitrogen and oxygen atoms in total. The molecular formula is C16H17NO4. The molecule has 4 bridgehead atoms. The Morgan fingerprint density at radius 3 is 2.57 bits per heavy atom. The molecule has 4 aliphatic rings. The maximum atomic E-state index is 11.7. The van der Waals surface area contributed by atoms with Gasteiger partial charge in [-0.15, -0.1) is 0 Å². The molecule has 0 spiro atoms. The fraction of sp³-hybridized carbons (Fsp3) is 0.500. The van der Waals surface area contributed by atoms with Crippen LogP contribution in [-0.2, 0) is 16.0 Å². The number of carbonyl (C=O) groups is 2. The minimum Gasteiger partial charge on any atom is -0.480 e. The zero-order chi connectivity index (χ0) is 14.8. The van der Waals surface area contributed by atoms with Crippen LogP contribution in [0.3, 0.4) is 0 Å². The van der Waals surface area contributed by atoms with E-state index in [1.165, 1.54) is 11.1 Å². The van der Waals surface area contributed by atoms with Gasteiger partial charge in [-0.25, -0.2) is 0 Å². The standard InChI is InChI=1S/C16H17NO4/c18-14(19)16(15(20)21)7-11-10-6-13(16)17-12(11)5-8-3-1-2-4-9(8)10/h1-4,10-13,17H,5-7H2,(H,18,19)(H,20,21). The molecule has 4 atom stereocenters. The van der Waals surface area contributed by atoms with Crippen molar-refractivity contribution in [1.82, 2.24) is 5.32 Å². The van der Waals surface area contributed by atoms with Crippen molar-refractivity contribution in [1.29, 1.82) is 0 Å². The van der Waals surface area contributed by atoms with E-state index in [0.717, 1.165) is 6.42 Å². The van der Waals surface area contributed by atoms with Crippen molar-refractivity contribution in [3.05, 3.63) is 35.4 Å². The summed E-state index contributed by atoms with van der Waals surface area (Å²) in [5.74, 6) is -2.03. The summed E-state index contributed by atoms with van der Waals surface area (Å²) >= 11 is 0. The average molecular weight is 287 g/mol. The lowest BCUT2D eigenvalue weighted by Gasteiger charge is -2.57. The third kappa shape index (κ3) is 1.50. The van der Waals surface area contributed by atoms with Crippen LogP contribution in [0.4, 0.5) is 0 Å². The van der Waals surface area contributed by atoms with E-state index < -0.39 is 23.4 Å². The highest BCUT2D eigenvalue weighted by molar-refractivity contribution is 5.99. The summed E-state index contributed by atoms with van der Waals surface area (Å²) in [5.41, 5.74) is 0.937. The highest BCUT2D eigenvalue weighted by Crippen LogP contribution is 2.55. The SMILES string of the molecule is O=C(O)C1(C(=O)O)CC2C3Cc4ccccc4C2CC1N3. The Labute approximate surface area is 122 Å². The van der Waals surface area contributed by atoms with Crippen LogP contribution in [0.25, 0.3) is 0 Å². The second-order valence-electron chi connectivity index (χ2n) is 6.52. The molecular weight excluding hydrogens is 270 g/mol. The van der Waals surface area contributed by atoms with E-state index >= 15 is 0 Å². The van der Waals surface area contributed by atoms with E-state index in [-0.39, 0.29) is 24.3 Å². The molecule has 2 aliphatic heterocycles. The zero-order valence-electron chi connectivity index (χ0n) is 11.5. The van der Waals surface area contributed by atoms with Crippen LogP contribution >= 0.6 is 0 Å². The summed E-state index contributed by atoms with van der Waals surface area (Å²) in [6, 6.07) is 7.99. The molecule has 110 valence electrons. The van der Waals surface area contributed by atoms with Crippen LogP contribution in [0.2, 0.25) is 0 Å². The van der Waals surface area contributed by atoms with Crippen LogP contribution in [0.15, 0.2) is 24.3 Å². The number of nitrogens with one attached hydrogen (secondary N) is 1. The van der Waals surface area contributed by atoms with Crippen molar-refractivity contribution in [2.24, 2.45) is 11.3 Å². The normalized spacial score (nSPS) is 35.0. The number of aliphatic carboxylic acids is 2. The first-order valence-electron chi connectivity index (χ1n) is 7.34. The molecule has 2 heterocycles. The van der Waals surface area contributed by atoms with E-state index in [4.69, 9.17) is 0 Å². The van der Waals surface area contributed by atoms with E-state index in [0.29, 0.717) is 6.42 Å². The second kappa shape index (κ2) is 4.07.